The van der Waals surface area contributed by atoms with E-state index < -0.39 is 0 Å². The van der Waals surface area contributed by atoms with Crippen molar-refractivity contribution in [3.05, 3.63) is 0 Å². The molecule has 5 rings (SSSR count). The molecular formula is C15H26N2. The predicted molar refractivity (Wildman–Crippen MR) is 70.0 cm³/mol. The molecule has 17 heavy (non-hydrogen) atoms. The molecule has 0 aromatic carbocycles. The molecule has 5 fully saturated rings. The summed E-state index contributed by atoms with van der Waals surface area (Å²) in [6, 6.07) is 0. The van der Waals surface area contributed by atoms with Gasteiger partial charge in [-0.3, -0.25) is 0 Å². The van der Waals surface area contributed by atoms with Crippen LogP contribution in [0.15, 0.2) is 0 Å². The molecule has 96 valence electrons. The van der Waals surface area contributed by atoms with Gasteiger partial charge in [0.2, 0.25) is 0 Å². The van der Waals surface area contributed by atoms with Crippen LogP contribution < -0.4 is 5.32 Å². The van der Waals surface area contributed by atoms with Crippen LogP contribution in [-0.4, -0.2) is 36.6 Å². The van der Waals surface area contributed by atoms with Gasteiger partial charge in [-0.25, -0.2) is 0 Å². The van der Waals surface area contributed by atoms with Gasteiger partial charge in [0, 0.05) is 18.6 Å². The first kappa shape index (κ1) is 10.8. The zero-order valence-corrected chi connectivity index (χ0v) is 11.0. The highest BCUT2D eigenvalue weighted by molar-refractivity contribution is 5.06. The highest BCUT2D eigenvalue weighted by Gasteiger charge is 2.50. The molecule has 0 aromatic heterocycles. The van der Waals surface area contributed by atoms with Crippen LogP contribution in [-0.2, 0) is 0 Å². The summed E-state index contributed by atoms with van der Waals surface area (Å²) in [7, 11) is 0. The molecule has 0 spiro atoms. The van der Waals surface area contributed by atoms with Crippen LogP contribution >= 0.6 is 0 Å². The highest BCUT2D eigenvalue weighted by atomic mass is 15.3. The Balaban J connectivity index is 1.32. The van der Waals surface area contributed by atoms with Crippen molar-refractivity contribution >= 4 is 0 Å². The normalized spacial score (nSPS) is 47.6. The Morgan fingerprint density at radius 1 is 0.941 bits per heavy atom. The van der Waals surface area contributed by atoms with Gasteiger partial charge in [-0.1, -0.05) is 0 Å². The monoisotopic (exact) mass is 234 g/mol. The van der Waals surface area contributed by atoms with Crippen LogP contribution in [0, 0.1) is 17.8 Å². The van der Waals surface area contributed by atoms with Crippen LogP contribution in [0.4, 0.5) is 0 Å². The summed E-state index contributed by atoms with van der Waals surface area (Å²) in [5.74, 6) is 3.25. The van der Waals surface area contributed by atoms with E-state index in [0.29, 0.717) is 5.54 Å². The molecule has 2 heteroatoms. The van der Waals surface area contributed by atoms with E-state index in [4.69, 9.17) is 0 Å². The van der Waals surface area contributed by atoms with E-state index in [1.807, 2.05) is 0 Å². The fourth-order valence-corrected chi connectivity index (χ4v) is 5.28. The molecule has 1 aliphatic heterocycles. The van der Waals surface area contributed by atoms with Crippen molar-refractivity contribution in [2.24, 2.45) is 17.8 Å². The lowest BCUT2D eigenvalue weighted by Crippen LogP contribution is -2.58. The Labute approximate surface area is 105 Å². The first-order chi connectivity index (χ1) is 8.31. The van der Waals surface area contributed by atoms with Gasteiger partial charge in [-0.05, 0) is 75.8 Å². The Bertz CT molecular complexity index is 260. The van der Waals surface area contributed by atoms with Crippen molar-refractivity contribution in [1.29, 1.82) is 0 Å². The maximum absolute atomic E-state index is 3.98. The van der Waals surface area contributed by atoms with E-state index in [1.54, 1.807) is 19.3 Å². The molecule has 4 saturated carbocycles. The van der Waals surface area contributed by atoms with Crippen LogP contribution in [0.25, 0.3) is 0 Å². The minimum absolute atomic E-state index is 0.591. The standard InChI is InChI=1S/C15H26N2/c1(3-17-4-5-17)2-16-15-9-12-6-13(10-15)8-14(7-12)11-15/h12-14,16H,1-11H2. The summed E-state index contributed by atoms with van der Waals surface area (Å²) in [5.41, 5.74) is 0.591. The van der Waals surface area contributed by atoms with Crippen molar-refractivity contribution in [1.82, 2.24) is 10.2 Å². The zero-order valence-electron chi connectivity index (χ0n) is 11.0. The fraction of sp³-hybridized carbons (Fsp3) is 1.00. The Morgan fingerprint density at radius 2 is 1.53 bits per heavy atom. The van der Waals surface area contributed by atoms with Crippen LogP contribution in [0.1, 0.15) is 44.9 Å². The lowest BCUT2D eigenvalue weighted by Gasteiger charge is -2.57. The number of rotatable bonds is 5. The second-order valence-electron chi connectivity index (χ2n) is 7.32. The molecule has 2 nitrogen and oxygen atoms in total. The van der Waals surface area contributed by atoms with Crippen molar-refractivity contribution in [3.8, 4) is 0 Å². The molecule has 1 N–H and O–H groups in total. The van der Waals surface area contributed by atoms with E-state index in [-0.39, 0.29) is 0 Å². The average Bonchev–Trinajstić information content (AvgIpc) is 3.06. The van der Waals surface area contributed by atoms with Gasteiger partial charge in [-0.15, -0.1) is 0 Å². The largest absolute Gasteiger partial charge is 0.311 e. The van der Waals surface area contributed by atoms with Gasteiger partial charge in [0.15, 0.2) is 0 Å². The van der Waals surface area contributed by atoms with Crippen LogP contribution in [0.3, 0.4) is 0 Å². The third-order valence-corrected chi connectivity index (χ3v) is 5.73. The number of nitrogens with zero attached hydrogens (tertiary/aromatic N) is 1. The van der Waals surface area contributed by atoms with Crippen LogP contribution in [0.2, 0.25) is 0 Å². The van der Waals surface area contributed by atoms with E-state index >= 15 is 0 Å². The Morgan fingerprint density at radius 3 is 2.06 bits per heavy atom. The van der Waals surface area contributed by atoms with Gasteiger partial charge >= 0.3 is 0 Å². The first-order valence-electron chi connectivity index (χ1n) is 7.79. The maximum atomic E-state index is 3.98. The lowest BCUT2D eigenvalue weighted by molar-refractivity contribution is -0.0196. The van der Waals surface area contributed by atoms with Crippen LogP contribution in [0.5, 0.6) is 0 Å². The van der Waals surface area contributed by atoms with Gasteiger partial charge in [0.25, 0.3) is 0 Å². The summed E-state index contributed by atoms with van der Waals surface area (Å²) >= 11 is 0. The minimum Gasteiger partial charge on any atom is -0.311 e. The third-order valence-electron chi connectivity index (χ3n) is 5.73. The van der Waals surface area contributed by atoms with Crippen molar-refractivity contribution in [3.63, 3.8) is 0 Å². The number of hydrogen-bond acceptors (Lipinski definition) is 2. The smallest absolute Gasteiger partial charge is 0.0189 e. The quantitative estimate of drug-likeness (QED) is 0.580. The minimum atomic E-state index is 0.591. The van der Waals surface area contributed by atoms with Gasteiger partial charge < -0.3 is 10.2 Å². The molecule has 0 amide bonds. The molecule has 0 atom stereocenters. The van der Waals surface area contributed by atoms with E-state index in [0.717, 1.165) is 17.8 Å². The van der Waals surface area contributed by atoms with Gasteiger partial charge in [0.1, 0.15) is 0 Å². The average molecular weight is 234 g/mol. The van der Waals surface area contributed by atoms with Crippen molar-refractivity contribution in [2.45, 2.75) is 50.5 Å². The van der Waals surface area contributed by atoms with Crippen molar-refractivity contribution in [2.75, 3.05) is 26.2 Å². The number of nitrogens with one attached hydrogen (secondary N) is 1. The molecule has 0 radical (unpaired) electrons. The second-order valence-corrected chi connectivity index (χ2v) is 7.32. The fourth-order valence-electron chi connectivity index (χ4n) is 5.28. The summed E-state index contributed by atoms with van der Waals surface area (Å²) in [6.45, 7) is 5.32. The number of hydrogen-bond donors (Lipinski definition) is 1. The maximum Gasteiger partial charge on any atom is 0.0189 e. The Hall–Kier alpha value is -0.0800. The van der Waals surface area contributed by atoms with E-state index in [2.05, 4.69) is 10.2 Å². The molecule has 0 unspecified atom stereocenters. The molecule has 4 aliphatic carbocycles. The highest BCUT2D eigenvalue weighted by Crippen LogP contribution is 2.55. The topological polar surface area (TPSA) is 15.0 Å². The molecule has 5 aliphatic rings. The lowest BCUT2D eigenvalue weighted by atomic mass is 9.53. The molecule has 1 heterocycles. The molecule has 4 bridgehead atoms. The SMILES string of the molecule is C(CNC12CC3CC(CC(C3)C1)C2)CN1CC1. The third kappa shape index (κ3) is 2.15. The van der Waals surface area contributed by atoms with E-state index in [1.165, 1.54) is 51.9 Å². The first-order valence-corrected chi connectivity index (χ1v) is 7.79. The molecule has 1 saturated heterocycles. The van der Waals surface area contributed by atoms with Gasteiger partial charge in [0.05, 0.1) is 0 Å². The molecule has 0 aromatic rings. The second kappa shape index (κ2) is 3.96. The zero-order chi connectivity index (χ0) is 11.3. The van der Waals surface area contributed by atoms with Gasteiger partial charge in [-0.2, -0.15) is 0 Å². The predicted octanol–water partition coefficient (Wildman–Crippen LogP) is 2.25. The summed E-state index contributed by atoms with van der Waals surface area (Å²) in [5, 5.41) is 3.98. The summed E-state index contributed by atoms with van der Waals surface area (Å²) < 4.78 is 0. The Kier molecular flexibility index (Phi) is 2.52. The van der Waals surface area contributed by atoms with E-state index in [9.17, 15) is 0 Å². The molecular weight excluding hydrogens is 208 g/mol. The summed E-state index contributed by atoms with van der Waals surface area (Å²) in [4.78, 5) is 2.54. The van der Waals surface area contributed by atoms with Crippen molar-refractivity contribution < 1.29 is 0 Å². The summed E-state index contributed by atoms with van der Waals surface area (Å²) in [6.07, 6.45) is 10.6.